The maximum absolute atomic E-state index is 11.8. The summed E-state index contributed by atoms with van der Waals surface area (Å²) in [4.78, 5) is 37.0. The molecule has 4 rings (SSSR count). The topological polar surface area (TPSA) is 107 Å². The number of aliphatic hydroxyl groups excluding tert-OH is 1. The molecule has 0 spiro atoms. The quantitative estimate of drug-likeness (QED) is 0.380. The summed E-state index contributed by atoms with van der Waals surface area (Å²) < 4.78 is 0. The molecule has 0 radical (unpaired) electrons. The van der Waals surface area contributed by atoms with Gasteiger partial charge in [-0.25, -0.2) is 4.98 Å². The molecule has 0 saturated carbocycles. The van der Waals surface area contributed by atoms with Crippen molar-refractivity contribution in [3.8, 4) is 0 Å². The Morgan fingerprint density at radius 1 is 1.14 bits per heavy atom. The van der Waals surface area contributed by atoms with Gasteiger partial charge in [0.05, 0.1) is 6.61 Å². The normalized spacial score (nSPS) is 14.4. The number of carbonyl (C=O) groups is 1. The Kier molecular flexibility index (Phi) is 9.24. The van der Waals surface area contributed by atoms with Crippen LogP contribution in [-0.2, 0) is 11.2 Å². The maximum Gasteiger partial charge on any atom is 0.234 e. The van der Waals surface area contributed by atoms with Crippen LogP contribution in [0.4, 0.5) is 17.0 Å². The van der Waals surface area contributed by atoms with Crippen LogP contribution in [0.5, 0.6) is 0 Å². The van der Waals surface area contributed by atoms with Gasteiger partial charge in [0.1, 0.15) is 5.78 Å². The zero-order chi connectivity index (χ0) is 25.5. The molecule has 1 aliphatic rings. The number of hydrogen-bond donors (Lipinski definition) is 2. The summed E-state index contributed by atoms with van der Waals surface area (Å²) in [6.45, 7) is 10.3. The molecule has 11 heteroatoms. The van der Waals surface area contributed by atoms with Gasteiger partial charge in [0.15, 0.2) is 10.3 Å². The summed E-state index contributed by atoms with van der Waals surface area (Å²) in [5.41, 5.74) is 1.01. The van der Waals surface area contributed by atoms with Gasteiger partial charge >= 0.3 is 0 Å². The van der Waals surface area contributed by atoms with Crippen LogP contribution in [-0.4, -0.2) is 75.1 Å². The Bertz CT molecular complexity index is 1150. The zero-order valence-corrected chi connectivity index (χ0v) is 22.6. The van der Waals surface area contributed by atoms with Gasteiger partial charge in [0, 0.05) is 61.5 Å². The van der Waals surface area contributed by atoms with E-state index >= 15 is 0 Å². The van der Waals surface area contributed by atoms with Gasteiger partial charge in [-0.2, -0.15) is 15.0 Å². The first-order chi connectivity index (χ1) is 17.4. The van der Waals surface area contributed by atoms with E-state index in [9.17, 15) is 9.90 Å². The molecule has 1 fully saturated rings. The molecule has 1 aromatic carbocycles. The molecular weight excluding hydrogens is 494 g/mol. The number of Topliss-reactive ketones (excluding diaryl/α,β-unsaturated/α-hetero) is 1. The molecule has 2 N–H and O–H groups in total. The largest absolute Gasteiger partial charge is 0.395 e. The molecule has 2 aromatic heterocycles. The number of aromatic nitrogens is 4. The number of anilines is 3. The van der Waals surface area contributed by atoms with E-state index in [0.29, 0.717) is 42.4 Å². The molecule has 3 heterocycles. The average molecular weight is 528 g/mol. The first-order valence-electron chi connectivity index (χ1n) is 12.3. The van der Waals surface area contributed by atoms with Crippen molar-refractivity contribution in [1.29, 1.82) is 0 Å². The molecule has 0 unspecified atom stereocenters. The number of piperazine rings is 1. The van der Waals surface area contributed by atoms with Crippen LogP contribution in [0, 0.1) is 0 Å². The van der Waals surface area contributed by atoms with Crippen molar-refractivity contribution in [3.05, 3.63) is 40.9 Å². The van der Waals surface area contributed by atoms with Gasteiger partial charge in [-0.3, -0.25) is 15.0 Å². The van der Waals surface area contributed by atoms with Crippen LogP contribution in [0.25, 0.3) is 0 Å². The Morgan fingerprint density at radius 3 is 2.53 bits per heavy atom. The predicted octanol–water partition coefficient (Wildman–Crippen LogP) is 3.98. The van der Waals surface area contributed by atoms with E-state index < -0.39 is 0 Å². The maximum atomic E-state index is 11.8. The zero-order valence-electron chi connectivity index (χ0n) is 21.0. The van der Waals surface area contributed by atoms with Gasteiger partial charge in [-0.1, -0.05) is 32.9 Å². The van der Waals surface area contributed by atoms with Crippen LogP contribution >= 0.6 is 23.1 Å². The molecule has 1 aliphatic heterocycles. The number of nitrogens with one attached hydrogen (secondary N) is 1. The lowest BCUT2D eigenvalue weighted by Crippen LogP contribution is -2.47. The van der Waals surface area contributed by atoms with E-state index in [2.05, 4.69) is 38.9 Å². The summed E-state index contributed by atoms with van der Waals surface area (Å²) in [5, 5.41) is 13.9. The standard InChI is InChI=1S/C25H33N7O2S2/c1-4-19(34)15-18-5-7-20(8-6-18)35-25-29-22(28-24-26-16-21(36-24)17(2)3)27-23(30-25)32-11-9-31(10-12-32)13-14-33/h5-8,16-17,33H,4,9-15H2,1-3H3,(H,26,27,28,29,30). The molecule has 0 bridgehead atoms. The molecule has 0 atom stereocenters. The lowest BCUT2D eigenvalue weighted by Gasteiger charge is -2.34. The number of aliphatic hydroxyl groups is 1. The van der Waals surface area contributed by atoms with Crippen molar-refractivity contribution in [3.63, 3.8) is 0 Å². The van der Waals surface area contributed by atoms with E-state index in [0.717, 1.165) is 41.8 Å². The van der Waals surface area contributed by atoms with Crippen molar-refractivity contribution >= 4 is 45.9 Å². The Morgan fingerprint density at radius 2 is 1.89 bits per heavy atom. The Balaban J connectivity index is 1.55. The average Bonchev–Trinajstić information content (AvgIpc) is 3.34. The fraction of sp³-hybridized carbons (Fsp3) is 0.480. The van der Waals surface area contributed by atoms with E-state index in [4.69, 9.17) is 9.97 Å². The number of carbonyl (C=O) groups excluding carboxylic acids is 1. The lowest BCUT2D eigenvalue weighted by atomic mass is 10.1. The molecule has 1 saturated heterocycles. The number of benzene rings is 1. The van der Waals surface area contributed by atoms with E-state index in [1.807, 2.05) is 37.4 Å². The van der Waals surface area contributed by atoms with E-state index in [-0.39, 0.29) is 12.4 Å². The Labute approximate surface area is 220 Å². The highest BCUT2D eigenvalue weighted by molar-refractivity contribution is 7.99. The SMILES string of the molecule is CCC(=O)Cc1ccc(Sc2nc(Nc3ncc(C(C)C)s3)nc(N3CCN(CCO)CC3)n2)cc1. The lowest BCUT2D eigenvalue weighted by molar-refractivity contribution is -0.118. The number of thiazole rings is 1. The van der Waals surface area contributed by atoms with Crippen molar-refractivity contribution in [2.24, 2.45) is 0 Å². The summed E-state index contributed by atoms with van der Waals surface area (Å²) in [6.07, 6.45) is 2.90. The molecule has 9 nitrogen and oxygen atoms in total. The summed E-state index contributed by atoms with van der Waals surface area (Å²) in [5.74, 6) is 1.73. The second kappa shape index (κ2) is 12.6. The van der Waals surface area contributed by atoms with Gasteiger partial charge < -0.3 is 10.0 Å². The molecule has 36 heavy (non-hydrogen) atoms. The highest BCUT2D eigenvalue weighted by Gasteiger charge is 2.21. The predicted molar refractivity (Wildman–Crippen MR) is 145 cm³/mol. The van der Waals surface area contributed by atoms with Crippen molar-refractivity contribution in [1.82, 2.24) is 24.8 Å². The summed E-state index contributed by atoms with van der Waals surface area (Å²) in [6, 6.07) is 7.98. The monoisotopic (exact) mass is 527 g/mol. The smallest absolute Gasteiger partial charge is 0.234 e. The minimum absolute atomic E-state index is 0.165. The van der Waals surface area contributed by atoms with Crippen molar-refractivity contribution in [2.75, 3.05) is 49.5 Å². The minimum Gasteiger partial charge on any atom is -0.395 e. The number of hydrogen-bond acceptors (Lipinski definition) is 11. The third-order valence-electron chi connectivity index (χ3n) is 5.91. The van der Waals surface area contributed by atoms with Crippen LogP contribution in [0.2, 0.25) is 0 Å². The van der Waals surface area contributed by atoms with Gasteiger partial charge in [0.25, 0.3) is 0 Å². The molecular formula is C25H33N7O2S2. The highest BCUT2D eigenvalue weighted by atomic mass is 32.2. The van der Waals surface area contributed by atoms with Crippen molar-refractivity contribution in [2.45, 2.75) is 49.6 Å². The van der Waals surface area contributed by atoms with Crippen LogP contribution in [0.3, 0.4) is 0 Å². The van der Waals surface area contributed by atoms with Crippen LogP contribution < -0.4 is 10.2 Å². The summed E-state index contributed by atoms with van der Waals surface area (Å²) in [7, 11) is 0. The molecule has 0 aliphatic carbocycles. The van der Waals surface area contributed by atoms with Crippen molar-refractivity contribution < 1.29 is 9.90 Å². The Hall–Kier alpha value is -2.60. The fourth-order valence-corrected chi connectivity index (χ4v) is 5.30. The highest BCUT2D eigenvalue weighted by Crippen LogP contribution is 2.30. The second-order valence-corrected chi connectivity index (χ2v) is 11.1. The first kappa shape index (κ1) is 26.5. The number of nitrogens with zero attached hydrogens (tertiary/aromatic N) is 6. The third-order valence-corrected chi connectivity index (χ3v) is 8.00. The van der Waals surface area contributed by atoms with Gasteiger partial charge in [0.2, 0.25) is 11.9 Å². The fourth-order valence-electron chi connectivity index (χ4n) is 3.74. The van der Waals surface area contributed by atoms with Crippen LogP contribution in [0.1, 0.15) is 43.6 Å². The molecule has 3 aromatic rings. The van der Waals surface area contributed by atoms with E-state index in [1.54, 1.807) is 11.3 Å². The van der Waals surface area contributed by atoms with E-state index in [1.165, 1.54) is 16.6 Å². The summed E-state index contributed by atoms with van der Waals surface area (Å²) >= 11 is 3.07. The van der Waals surface area contributed by atoms with Gasteiger partial charge in [-0.05, 0) is 35.4 Å². The third kappa shape index (κ3) is 7.22. The number of β-amino-alcohol motifs (C(OH)–C–C–N with tert-alkyl or cyclic N) is 1. The first-order valence-corrected chi connectivity index (χ1v) is 13.9. The van der Waals surface area contributed by atoms with Gasteiger partial charge in [-0.15, -0.1) is 11.3 Å². The molecule has 0 amide bonds. The number of ketones is 1. The second-order valence-electron chi connectivity index (χ2n) is 8.96. The number of rotatable bonds is 11. The molecule has 192 valence electrons. The minimum atomic E-state index is 0.165. The van der Waals surface area contributed by atoms with Crippen LogP contribution in [0.15, 0.2) is 40.5 Å².